The second kappa shape index (κ2) is 8.88. The molecular formula is C22H17ClF2N6O2. The maximum Gasteiger partial charge on any atom is 0.322 e. The lowest BCUT2D eigenvalue weighted by molar-refractivity contribution is 0.0995. The molecular weight excluding hydrogens is 454 g/mol. The lowest BCUT2D eigenvalue weighted by atomic mass is 10.0. The molecule has 3 N–H and O–H groups in total. The van der Waals surface area contributed by atoms with Gasteiger partial charge in [-0.2, -0.15) is 10.4 Å². The number of nitrogens with two attached hydrogens (primary N) is 1. The Hall–Kier alpha value is -3.97. The summed E-state index contributed by atoms with van der Waals surface area (Å²) >= 11 is 6.06. The van der Waals surface area contributed by atoms with Crippen molar-refractivity contribution in [3.63, 3.8) is 0 Å². The first-order valence-electron chi connectivity index (χ1n) is 9.81. The number of carbonyl (C=O) groups is 2. The average molecular weight is 471 g/mol. The Balaban J connectivity index is 1.68. The molecule has 0 aliphatic carbocycles. The summed E-state index contributed by atoms with van der Waals surface area (Å²) in [5, 5.41) is 16.2. The Morgan fingerprint density at radius 3 is 2.73 bits per heavy atom. The van der Waals surface area contributed by atoms with Gasteiger partial charge in [0.15, 0.2) is 0 Å². The Morgan fingerprint density at radius 2 is 2.09 bits per heavy atom. The zero-order chi connectivity index (χ0) is 23.7. The van der Waals surface area contributed by atoms with Gasteiger partial charge in [-0.15, -0.1) is 0 Å². The summed E-state index contributed by atoms with van der Waals surface area (Å²) in [5.74, 6) is -1.56. The predicted octanol–water partition coefficient (Wildman–Crippen LogP) is 3.87. The van der Waals surface area contributed by atoms with Crippen molar-refractivity contribution < 1.29 is 18.4 Å². The number of hydrogen-bond acceptors (Lipinski definition) is 4. The number of nitriles is 1. The zero-order valence-electron chi connectivity index (χ0n) is 17.1. The van der Waals surface area contributed by atoms with Crippen LogP contribution in [0.2, 0.25) is 5.02 Å². The predicted molar refractivity (Wildman–Crippen MR) is 117 cm³/mol. The molecule has 0 bridgehead atoms. The normalized spacial score (nSPS) is 15.0. The fourth-order valence-corrected chi connectivity index (χ4v) is 3.94. The Kier molecular flexibility index (Phi) is 5.98. The molecule has 0 unspecified atom stereocenters. The maximum absolute atomic E-state index is 13.9. The van der Waals surface area contributed by atoms with Gasteiger partial charge in [-0.1, -0.05) is 23.7 Å². The average Bonchev–Trinajstić information content (AvgIpc) is 3.18. The second-order valence-electron chi connectivity index (χ2n) is 7.41. The number of halogens is 3. The van der Waals surface area contributed by atoms with Crippen LogP contribution in [0.15, 0.2) is 42.5 Å². The highest BCUT2D eigenvalue weighted by atomic mass is 35.5. The highest BCUT2D eigenvalue weighted by molar-refractivity contribution is 6.30. The van der Waals surface area contributed by atoms with Crippen molar-refractivity contribution >= 4 is 29.2 Å². The highest BCUT2D eigenvalue weighted by Gasteiger charge is 2.34. The van der Waals surface area contributed by atoms with Crippen molar-refractivity contribution in [3.05, 3.63) is 70.1 Å². The fraction of sp³-hybridized carbons (Fsp3) is 0.182. The highest BCUT2D eigenvalue weighted by Crippen LogP contribution is 2.33. The molecule has 1 aromatic heterocycles. The quantitative estimate of drug-likeness (QED) is 0.601. The number of rotatable bonds is 4. The van der Waals surface area contributed by atoms with Crippen molar-refractivity contribution in [2.75, 3.05) is 18.5 Å². The second-order valence-corrected chi connectivity index (χ2v) is 7.85. The van der Waals surface area contributed by atoms with E-state index < -0.39 is 30.5 Å². The summed E-state index contributed by atoms with van der Waals surface area (Å²) in [6.07, 6.45) is 0. The smallest absolute Gasteiger partial charge is 0.322 e. The number of anilines is 1. The molecule has 1 aliphatic rings. The SMILES string of the molecule is N#Cc1ccc(NC(=O)N2Cc3c(C(N)=O)c(-c4cccc(Cl)c4)nn3[C@@H](CF)C2)cc1F. The summed E-state index contributed by atoms with van der Waals surface area (Å²) in [6, 6.07) is 10.5. The summed E-state index contributed by atoms with van der Waals surface area (Å²) in [7, 11) is 0. The third kappa shape index (κ3) is 4.23. The van der Waals surface area contributed by atoms with Gasteiger partial charge in [0.1, 0.15) is 24.3 Å². The van der Waals surface area contributed by atoms with E-state index in [1.54, 1.807) is 30.3 Å². The number of fused-ring (bicyclic) bond motifs is 1. The minimum Gasteiger partial charge on any atom is -0.365 e. The number of nitrogens with zero attached hydrogens (tertiary/aromatic N) is 4. The number of amides is 3. The Bertz CT molecular complexity index is 1300. The number of benzene rings is 2. The molecule has 1 aliphatic heterocycles. The first-order valence-corrected chi connectivity index (χ1v) is 10.2. The van der Waals surface area contributed by atoms with E-state index in [4.69, 9.17) is 22.6 Å². The number of nitrogens with one attached hydrogen (secondary N) is 1. The molecule has 0 saturated heterocycles. The van der Waals surface area contributed by atoms with E-state index in [2.05, 4.69) is 10.4 Å². The number of primary amides is 1. The van der Waals surface area contributed by atoms with E-state index in [1.165, 1.54) is 21.7 Å². The van der Waals surface area contributed by atoms with Crippen molar-refractivity contribution in [3.8, 4) is 17.3 Å². The lowest BCUT2D eigenvalue weighted by Gasteiger charge is -2.33. The fourth-order valence-electron chi connectivity index (χ4n) is 3.75. The van der Waals surface area contributed by atoms with Gasteiger partial charge in [-0.05, 0) is 30.3 Å². The monoisotopic (exact) mass is 470 g/mol. The van der Waals surface area contributed by atoms with Gasteiger partial charge in [0.05, 0.1) is 29.4 Å². The third-order valence-electron chi connectivity index (χ3n) is 5.28. The molecule has 1 atom stereocenters. The number of aromatic nitrogens is 2. The van der Waals surface area contributed by atoms with E-state index >= 15 is 0 Å². The van der Waals surface area contributed by atoms with Crippen LogP contribution < -0.4 is 11.1 Å². The molecule has 0 saturated carbocycles. The van der Waals surface area contributed by atoms with Gasteiger partial charge in [-0.3, -0.25) is 9.48 Å². The molecule has 168 valence electrons. The lowest BCUT2D eigenvalue weighted by Crippen LogP contribution is -2.44. The molecule has 3 amide bonds. The van der Waals surface area contributed by atoms with Crippen LogP contribution in [0.5, 0.6) is 0 Å². The minimum absolute atomic E-state index is 0.0387. The number of carbonyl (C=O) groups excluding carboxylic acids is 2. The Labute approximate surface area is 192 Å². The Morgan fingerprint density at radius 1 is 1.30 bits per heavy atom. The van der Waals surface area contributed by atoms with Crippen molar-refractivity contribution in [1.29, 1.82) is 5.26 Å². The molecule has 2 heterocycles. The molecule has 3 aromatic rings. The molecule has 11 heteroatoms. The molecule has 0 spiro atoms. The first-order chi connectivity index (χ1) is 15.8. The zero-order valence-corrected chi connectivity index (χ0v) is 17.8. The van der Waals surface area contributed by atoms with Gasteiger partial charge in [0.25, 0.3) is 5.91 Å². The molecule has 2 aromatic carbocycles. The van der Waals surface area contributed by atoms with Crippen LogP contribution in [0.4, 0.5) is 19.3 Å². The minimum atomic E-state index is -0.858. The van der Waals surface area contributed by atoms with Crippen LogP contribution in [0.1, 0.15) is 27.7 Å². The van der Waals surface area contributed by atoms with Crippen LogP contribution in [0.25, 0.3) is 11.3 Å². The van der Waals surface area contributed by atoms with Crippen LogP contribution in [0.3, 0.4) is 0 Å². The van der Waals surface area contributed by atoms with E-state index in [0.717, 1.165) is 6.07 Å². The third-order valence-corrected chi connectivity index (χ3v) is 5.51. The van der Waals surface area contributed by atoms with E-state index in [0.29, 0.717) is 10.6 Å². The van der Waals surface area contributed by atoms with Crippen molar-refractivity contribution in [2.24, 2.45) is 5.73 Å². The van der Waals surface area contributed by atoms with Crippen LogP contribution in [-0.4, -0.2) is 39.8 Å². The molecule has 33 heavy (non-hydrogen) atoms. The molecule has 8 nitrogen and oxygen atoms in total. The first kappa shape index (κ1) is 22.2. The van der Waals surface area contributed by atoms with Crippen LogP contribution in [0, 0.1) is 17.1 Å². The van der Waals surface area contributed by atoms with Crippen molar-refractivity contribution in [2.45, 2.75) is 12.6 Å². The van der Waals surface area contributed by atoms with Gasteiger partial charge < -0.3 is 16.0 Å². The molecule has 0 radical (unpaired) electrons. The summed E-state index contributed by atoms with van der Waals surface area (Å²) < 4.78 is 29.2. The number of hydrogen-bond donors (Lipinski definition) is 2. The topological polar surface area (TPSA) is 117 Å². The van der Waals surface area contributed by atoms with Crippen molar-refractivity contribution in [1.82, 2.24) is 14.7 Å². The summed E-state index contributed by atoms with van der Waals surface area (Å²) in [5.41, 5.74) is 6.72. The molecule has 4 rings (SSSR count). The van der Waals surface area contributed by atoms with Crippen LogP contribution in [-0.2, 0) is 6.54 Å². The van der Waals surface area contributed by atoms with Gasteiger partial charge in [0.2, 0.25) is 0 Å². The van der Waals surface area contributed by atoms with Gasteiger partial charge in [0, 0.05) is 22.8 Å². The molecule has 0 fully saturated rings. The van der Waals surface area contributed by atoms with E-state index in [1.807, 2.05) is 0 Å². The largest absolute Gasteiger partial charge is 0.365 e. The summed E-state index contributed by atoms with van der Waals surface area (Å²) in [6.45, 7) is -0.965. The van der Waals surface area contributed by atoms with Gasteiger partial charge in [-0.25, -0.2) is 13.6 Å². The maximum atomic E-state index is 13.9. The van der Waals surface area contributed by atoms with E-state index in [9.17, 15) is 18.4 Å². The number of alkyl halides is 1. The number of urea groups is 1. The summed E-state index contributed by atoms with van der Waals surface area (Å²) in [4.78, 5) is 26.5. The van der Waals surface area contributed by atoms with E-state index in [-0.39, 0.29) is 41.3 Å². The standard InChI is InChI=1S/C22H17ClF2N6O2/c23-14-3-1-2-12(6-14)20-19(21(27)32)18-11-30(10-16(8-24)31(18)29-20)22(33)28-15-5-4-13(9-26)17(25)7-15/h1-7,16H,8,10-11H2,(H2,27,32)(H,28,33)/t16-/m0/s1. The van der Waals surface area contributed by atoms with Gasteiger partial charge >= 0.3 is 6.03 Å². The van der Waals surface area contributed by atoms with Crippen LogP contribution >= 0.6 is 11.6 Å².